The number of sulfonamides is 1. The summed E-state index contributed by atoms with van der Waals surface area (Å²) in [5.41, 5.74) is 4.21. The van der Waals surface area contributed by atoms with Crippen LogP contribution < -0.4 is 5.43 Å². The van der Waals surface area contributed by atoms with Crippen LogP contribution in [0, 0.1) is 0 Å². The molecule has 18 heavy (non-hydrogen) atoms. The van der Waals surface area contributed by atoms with Gasteiger partial charge in [-0.1, -0.05) is 30.3 Å². The maximum Gasteiger partial charge on any atom is 0.257 e. The molecule has 3 rings (SSSR count). The van der Waals surface area contributed by atoms with Gasteiger partial charge in [-0.05, 0) is 23.4 Å². The van der Waals surface area contributed by atoms with E-state index in [1.54, 1.807) is 5.01 Å². The molecule has 2 aliphatic rings. The molecule has 0 saturated carbocycles. The van der Waals surface area contributed by atoms with Crippen LogP contribution in [-0.4, -0.2) is 30.9 Å². The highest BCUT2D eigenvalue weighted by molar-refractivity contribution is 8.18. The van der Waals surface area contributed by atoms with Gasteiger partial charge in [-0.15, -0.1) is 4.40 Å². The highest BCUT2D eigenvalue weighted by Gasteiger charge is 2.30. The predicted molar refractivity (Wildman–Crippen MR) is 73.1 cm³/mol. The quantitative estimate of drug-likeness (QED) is 0.839. The van der Waals surface area contributed by atoms with Crippen LogP contribution in [0.4, 0.5) is 0 Å². The summed E-state index contributed by atoms with van der Waals surface area (Å²) in [5.74, 6) is 0.0582. The first kappa shape index (κ1) is 11.6. The van der Waals surface area contributed by atoms with Crippen molar-refractivity contribution < 1.29 is 8.42 Å². The van der Waals surface area contributed by atoms with Gasteiger partial charge in [0, 0.05) is 0 Å². The summed E-state index contributed by atoms with van der Waals surface area (Å²) >= 11 is 1.34. The van der Waals surface area contributed by atoms with E-state index >= 15 is 0 Å². The van der Waals surface area contributed by atoms with E-state index in [2.05, 4.69) is 9.82 Å². The minimum atomic E-state index is -3.27. The highest BCUT2D eigenvalue weighted by atomic mass is 32.2. The number of hydrogen-bond acceptors (Lipinski definition) is 5. The Labute approximate surface area is 110 Å². The topological polar surface area (TPSA) is 61.8 Å². The molecule has 0 radical (unpaired) electrons. The Hall–Kier alpha value is -1.47. The summed E-state index contributed by atoms with van der Waals surface area (Å²) in [6.07, 6.45) is 1.97. The summed E-state index contributed by atoms with van der Waals surface area (Å²) in [4.78, 5) is 0. The summed E-state index contributed by atoms with van der Waals surface area (Å²) in [6.45, 7) is 0.431. The first-order chi connectivity index (χ1) is 8.62. The summed E-state index contributed by atoms with van der Waals surface area (Å²) in [5, 5.41) is 3.15. The van der Waals surface area contributed by atoms with Gasteiger partial charge in [0.05, 0.1) is 17.3 Å². The van der Waals surface area contributed by atoms with Crippen molar-refractivity contribution in [1.82, 2.24) is 10.4 Å². The van der Waals surface area contributed by atoms with E-state index in [9.17, 15) is 8.42 Å². The van der Waals surface area contributed by atoms with Crippen LogP contribution in [0.25, 0.3) is 6.08 Å². The number of amidine groups is 1. The smallest absolute Gasteiger partial charge is 0.257 e. The van der Waals surface area contributed by atoms with Gasteiger partial charge in [0.2, 0.25) is 5.17 Å². The minimum Gasteiger partial charge on any atom is -0.290 e. The van der Waals surface area contributed by atoms with Crippen LogP contribution >= 0.6 is 11.8 Å². The number of fused-ring (bicyclic) bond motifs is 1. The van der Waals surface area contributed by atoms with E-state index < -0.39 is 10.0 Å². The zero-order valence-corrected chi connectivity index (χ0v) is 11.0. The lowest BCUT2D eigenvalue weighted by Crippen LogP contribution is -2.40. The Kier molecular flexibility index (Phi) is 2.79. The van der Waals surface area contributed by atoms with Gasteiger partial charge in [-0.3, -0.25) is 10.4 Å². The molecule has 5 nitrogen and oxygen atoms in total. The summed E-state index contributed by atoms with van der Waals surface area (Å²) in [7, 11) is -3.27. The zero-order valence-electron chi connectivity index (χ0n) is 9.41. The van der Waals surface area contributed by atoms with E-state index in [0.29, 0.717) is 11.7 Å². The van der Waals surface area contributed by atoms with Crippen molar-refractivity contribution >= 4 is 33.0 Å². The average molecular weight is 281 g/mol. The first-order valence-electron chi connectivity index (χ1n) is 5.44. The molecule has 1 aromatic carbocycles. The fraction of sp³-hybridized carbons (Fsp3) is 0.182. The van der Waals surface area contributed by atoms with Gasteiger partial charge in [0.1, 0.15) is 0 Å². The number of hydrazine groups is 1. The van der Waals surface area contributed by atoms with Crippen molar-refractivity contribution in [3.8, 4) is 0 Å². The summed E-state index contributed by atoms with van der Waals surface area (Å²) in [6, 6.07) is 9.86. The predicted octanol–water partition coefficient (Wildman–Crippen LogP) is 1.24. The standard InChI is InChI=1S/C11H11N3O2S2/c15-18(16)7-6-14-11(13-18)17-10(12-14)8-9-4-2-1-3-5-9/h1-5,8,12H,6-7H2/b10-8+. The zero-order chi connectivity index (χ0) is 12.6. The third-order valence-electron chi connectivity index (χ3n) is 2.56. The minimum absolute atomic E-state index is 0.0582. The van der Waals surface area contributed by atoms with E-state index in [-0.39, 0.29) is 5.75 Å². The fourth-order valence-electron chi connectivity index (χ4n) is 1.71. The molecule has 94 valence electrons. The molecule has 0 spiro atoms. The number of hydrogen-bond donors (Lipinski definition) is 1. The van der Waals surface area contributed by atoms with Crippen molar-refractivity contribution in [3.63, 3.8) is 0 Å². The number of nitrogens with zero attached hydrogens (tertiary/aromatic N) is 2. The van der Waals surface area contributed by atoms with E-state index in [1.165, 1.54) is 11.8 Å². The Morgan fingerprint density at radius 1 is 1.33 bits per heavy atom. The largest absolute Gasteiger partial charge is 0.290 e. The summed E-state index contributed by atoms with van der Waals surface area (Å²) < 4.78 is 26.5. The molecule has 1 N–H and O–H groups in total. The monoisotopic (exact) mass is 281 g/mol. The molecule has 0 atom stereocenters. The molecule has 1 aromatic rings. The van der Waals surface area contributed by atoms with Crippen molar-refractivity contribution in [2.75, 3.05) is 12.3 Å². The Bertz CT molecular complexity index is 623. The molecule has 0 amide bonds. The van der Waals surface area contributed by atoms with Gasteiger partial charge in [-0.25, -0.2) is 8.42 Å². The fourth-order valence-corrected chi connectivity index (χ4v) is 3.84. The molecule has 1 saturated heterocycles. The highest BCUT2D eigenvalue weighted by Crippen LogP contribution is 2.29. The first-order valence-corrected chi connectivity index (χ1v) is 7.86. The second kappa shape index (κ2) is 4.33. The molecule has 7 heteroatoms. The lowest BCUT2D eigenvalue weighted by Gasteiger charge is -2.20. The normalized spacial score (nSPS) is 23.4. The molecule has 1 fully saturated rings. The van der Waals surface area contributed by atoms with Crippen LogP contribution in [0.1, 0.15) is 5.56 Å². The molecule has 0 unspecified atom stereocenters. The third-order valence-corrected chi connectivity index (χ3v) is 4.75. The molecular formula is C11H11N3O2S2. The van der Waals surface area contributed by atoms with Crippen LogP contribution in [0.3, 0.4) is 0 Å². The number of thioether (sulfide) groups is 1. The van der Waals surface area contributed by atoms with Gasteiger partial charge < -0.3 is 0 Å². The maximum atomic E-state index is 11.4. The van der Waals surface area contributed by atoms with Gasteiger partial charge in [0.15, 0.2) is 0 Å². The van der Waals surface area contributed by atoms with Gasteiger partial charge in [-0.2, -0.15) is 0 Å². The Morgan fingerprint density at radius 3 is 2.89 bits per heavy atom. The lowest BCUT2D eigenvalue weighted by molar-refractivity contribution is 0.385. The van der Waals surface area contributed by atoms with E-state index in [1.807, 2.05) is 36.4 Å². The van der Waals surface area contributed by atoms with Crippen LogP contribution in [0.15, 0.2) is 39.8 Å². The number of benzene rings is 1. The molecule has 0 aliphatic carbocycles. The molecular weight excluding hydrogens is 270 g/mol. The average Bonchev–Trinajstić information content (AvgIpc) is 2.70. The Morgan fingerprint density at radius 2 is 2.11 bits per heavy atom. The van der Waals surface area contributed by atoms with E-state index in [4.69, 9.17) is 0 Å². The van der Waals surface area contributed by atoms with Crippen molar-refractivity contribution in [3.05, 3.63) is 40.9 Å². The van der Waals surface area contributed by atoms with Crippen LogP contribution in [-0.2, 0) is 10.0 Å². The number of rotatable bonds is 1. The van der Waals surface area contributed by atoms with Crippen LogP contribution in [0.2, 0.25) is 0 Å². The second-order valence-corrected chi connectivity index (χ2v) is 6.71. The third kappa shape index (κ3) is 2.37. The van der Waals surface area contributed by atoms with Gasteiger partial charge in [0.25, 0.3) is 10.0 Å². The molecule has 0 aromatic heterocycles. The number of nitrogens with one attached hydrogen (secondary N) is 1. The van der Waals surface area contributed by atoms with Crippen molar-refractivity contribution in [1.29, 1.82) is 0 Å². The van der Waals surface area contributed by atoms with Crippen molar-refractivity contribution in [2.24, 2.45) is 4.40 Å². The van der Waals surface area contributed by atoms with Crippen LogP contribution in [0.5, 0.6) is 0 Å². The SMILES string of the molecule is O=S1(=O)CCN2N/C(=C\c3ccccc3)SC2=N1. The van der Waals surface area contributed by atoms with Crippen molar-refractivity contribution in [2.45, 2.75) is 0 Å². The second-order valence-electron chi connectivity index (χ2n) is 3.94. The van der Waals surface area contributed by atoms with Gasteiger partial charge >= 0.3 is 0 Å². The maximum absolute atomic E-state index is 11.4. The molecule has 2 aliphatic heterocycles. The van der Waals surface area contributed by atoms with E-state index in [0.717, 1.165) is 10.6 Å². The Balaban J connectivity index is 1.87. The molecule has 2 heterocycles. The molecule has 0 bridgehead atoms. The lowest BCUT2D eigenvalue weighted by atomic mass is 10.2.